The predicted molar refractivity (Wildman–Crippen MR) is 60.7 cm³/mol. The van der Waals surface area contributed by atoms with Gasteiger partial charge in [0.25, 0.3) is 0 Å². The highest BCUT2D eigenvalue weighted by molar-refractivity contribution is 7.10. The van der Waals surface area contributed by atoms with E-state index in [9.17, 15) is 0 Å². The van der Waals surface area contributed by atoms with E-state index < -0.39 is 0 Å². The van der Waals surface area contributed by atoms with Crippen molar-refractivity contribution in [3.63, 3.8) is 0 Å². The van der Waals surface area contributed by atoms with E-state index in [0.717, 1.165) is 0 Å². The predicted octanol–water partition coefficient (Wildman–Crippen LogP) is 3.45. The Morgan fingerprint density at radius 1 is 0.929 bits per heavy atom. The second-order valence-corrected chi connectivity index (χ2v) is 4.60. The van der Waals surface area contributed by atoms with Crippen molar-refractivity contribution >= 4 is 11.3 Å². The summed E-state index contributed by atoms with van der Waals surface area (Å²) in [5, 5.41) is 2.19. The van der Waals surface area contributed by atoms with Crippen LogP contribution >= 0.6 is 11.3 Å². The zero-order chi connectivity index (χ0) is 9.38. The molecule has 0 aliphatic heterocycles. The van der Waals surface area contributed by atoms with Gasteiger partial charge in [-0.2, -0.15) is 0 Å². The molecule has 1 aromatic carbocycles. The van der Waals surface area contributed by atoms with Crippen LogP contribution in [0.5, 0.6) is 0 Å². The first-order chi connectivity index (χ1) is 6.93. The molecular weight excluding hydrogens is 188 g/mol. The lowest BCUT2D eigenvalue weighted by molar-refractivity contribution is 0.970. The summed E-state index contributed by atoms with van der Waals surface area (Å²) in [7, 11) is 0. The van der Waals surface area contributed by atoms with Gasteiger partial charge in [-0.3, -0.25) is 0 Å². The van der Waals surface area contributed by atoms with Crippen LogP contribution < -0.4 is 0 Å². The van der Waals surface area contributed by atoms with Crippen molar-refractivity contribution in [1.29, 1.82) is 0 Å². The molecule has 1 aliphatic rings. The third-order valence-corrected chi connectivity index (χ3v) is 3.69. The zero-order valence-electron chi connectivity index (χ0n) is 7.86. The highest BCUT2D eigenvalue weighted by Gasteiger charge is 2.13. The van der Waals surface area contributed by atoms with Crippen LogP contribution in [0.4, 0.5) is 0 Å². The van der Waals surface area contributed by atoms with Crippen LogP contribution in [0.1, 0.15) is 21.6 Å². The summed E-state index contributed by atoms with van der Waals surface area (Å²) in [6, 6.07) is 11.0. The lowest BCUT2D eigenvalue weighted by Crippen LogP contribution is -1.89. The molecule has 1 aliphatic carbocycles. The average Bonchev–Trinajstić information content (AvgIpc) is 2.58. The van der Waals surface area contributed by atoms with Crippen LogP contribution in [-0.4, -0.2) is 0 Å². The molecule has 0 amide bonds. The van der Waals surface area contributed by atoms with E-state index in [2.05, 4.69) is 42.1 Å². The number of rotatable bonds is 0. The first kappa shape index (κ1) is 8.25. The Balaban J connectivity index is 2.10. The molecule has 14 heavy (non-hydrogen) atoms. The Morgan fingerprint density at radius 2 is 1.79 bits per heavy atom. The molecule has 1 aromatic heterocycles. The molecule has 0 unspecified atom stereocenters. The summed E-state index contributed by atoms with van der Waals surface area (Å²) in [6.07, 6.45) is 4.69. The average molecular weight is 199 g/mol. The zero-order valence-corrected chi connectivity index (χ0v) is 8.68. The van der Waals surface area contributed by atoms with Gasteiger partial charge >= 0.3 is 0 Å². The van der Waals surface area contributed by atoms with E-state index in [4.69, 9.17) is 0 Å². The normalized spacial score (nSPS) is 14.3. The van der Waals surface area contributed by atoms with E-state index >= 15 is 0 Å². The number of thiophene rings is 1. The maximum absolute atomic E-state index is 2.32. The summed E-state index contributed by atoms with van der Waals surface area (Å²) in [6.45, 7) is 0. The molecule has 0 saturated heterocycles. The van der Waals surface area contributed by atoms with Gasteiger partial charge in [-0.15, -0.1) is 11.3 Å². The second kappa shape index (κ2) is 3.25. The van der Waals surface area contributed by atoms with Crippen molar-refractivity contribution in [3.8, 4) is 0 Å². The van der Waals surface area contributed by atoms with E-state index in [0.29, 0.717) is 0 Å². The van der Waals surface area contributed by atoms with Gasteiger partial charge < -0.3 is 0 Å². The van der Waals surface area contributed by atoms with Gasteiger partial charge in [0, 0.05) is 11.3 Å². The van der Waals surface area contributed by atoms with E-state index in [1.54, 1.807) is 0 Å². The SMILES string of the molecule is [CH]1c2ccccc2CCc2ccsc21. The maximum Gasteiger partial charge on any atom is 0.0306 e. The Morgan fingerprint density at radius 3 is 2.79 bits per heavy atom. The fraction of sp³-hybridized carbons (Fsp3) is 0.154. The topological polar surface area (TPSA) is 0 Å². The van der Waals surface area contributed by atoms with Crippen LogP contribution in [-0.2, 0) is 12.8 Å². The van der Waals surface area contributed by atoms with E-state index in [1.807, 2.05) is 11.3 Å². The van der Waals surface area contributed by atoms with Crippen LogP contribution in [0.25, 0.3) is 0 Å². The Labute approximate surface area is 88.2 Å². The standard InChI is InChI=1S/C13H11S/c1-2-4-12-9-13-11(7-8-14-13)6-5-10(12)3-1/h1-4,7-9H,5-6H2. The van der Waals surface area contributed by atoms with Gasteiger partial charge in [0.15, 0.2) is 0 Å². The summed E-state index contributed by atoms with van der Waals surface area (Å²) < 4.78 is 0. The molecule has 69 valence electrons. The minimum absolute atomic E-state index is 1.18. The highest BCUT2D eigenvalue weighted by atomic mass is 32.1. The fourth-order valence-electron chi connectivity index (χ4n) is 1.99. The molecule has 0 atom stereocenters. The monoisotopic (exact) mass is 199 g/mol. The van der Waals surface area contributed by atoms with Gasteiger partial charge in [0.05, 0.1) is 0 Å². The first-order valence-electron chi connectivity index (χ1n) is 4.92. The molecule has 0 saturated carbocycles. The molecule has 2 aromatic rings. The molecule has 1 heteroatoms. The Kier molecular flexibility index (Phi) is 1.91. The van der Waals surface area contributed by atoms with Crippen LogP contribution in [0.3, 0.4) is 0 Å². The molecule has 0 bridgehead atoms. The lowest BCUT2D eigenvalue weighted by Gasteiger charge is -2.02. The third-order valence-electron chi connectivity index (χ3n) is 2.79. The van der Waals surface area contributed by atoms with Crippen molar-refractivity contribution in [2.75, 3.05) is 0 Å². The van der Waals surface area contributed by atoms with Crippen molar-refractivity contribution in [2.45, 2.75) is 12.8 Å². The minimum Gasteiger partial charge on any atom is -0.148 e. The quantitative estimate of drug-likeness (QED) is 0.609. The number of aryl methyl sites for hydroxylation is 2. The lowest BCUT2D eigenvalue weighted by atomic mass is 10.0. The van der Waals surface area contributed by atoms with Gasteiger partial charge in [0.2, 0.25) is 0 Å². The van der Waals surface area contributed by atoms with Gasteiger partial charge in [-0.25, -0.2) is 0 Å². The summed E-state index contributed by atoms with van der Waals surface area (Å²) in [5.74, 6) is 0. The molecular formula is C13H11S. The minimum atomic E-state index is 1.18. The number of hydrogen-bond donors (Lipinski definition) is 0. The van der Waals surface area contributed by atoms with Crippen molar-refractivity contribution in [1.82, 2.24) is 0 Å². The van der Waals surface area contributed by atoms with Crippen LogP contribution in [0.2, 0.25) is 0 Å². The van der Waals surface area contributed by atoms with Gasteiger partial charge in [-0.1, -0.05) is 24.3 Å². The number of benzene rings is 1. The Bertz CT molecular complexity index is 454. The van der Waals surface area contributed by atoms with Gasteiger partial charge in [0.1, 0.15) is 0 Å². The molecule has 1 heterocycles. The molecule has 3 rings (SSSR count). The van der Waals surface area contributed by atoms with Crippen LogP contribution in [0, 0.1) is 6.42 Å². The second-order valence-electron chi connectivity index (χ2n) is 3.65. The number of fused-ring (bicyclic) bond motifs is 2. The van der Waals surface area contributed by atoms with Crippen LogP contribution in [0.15, 0.2) is 35.7 Å². The van der Waals surface area contributed by atoms with E-state index in [-0.39, 0.29) is 0 Å². The van der Waals surface area contributed by atoms with Crippen molar-refractivity contribution in [2.24, 2.45) is 0 Å². The van der Waals surface area contributed by atoms with E-state index in [1.165, 1.54) is 34.4 Å². The fourth-order valence-corrected chi connectivity index (χ4v) is 2.89. The Hall–Kier alpha value is -1.08. The summed E-state index contributed by atoms with van der Waals surface area (Å²) in [5.41, 5.74) is 4.39. The molecule has 0 spiro atoms. The molecule has 0 fully saturated rings. The van der Waals surface area contributed by atoms with Crippen molar-refractivity contribution in [3.05, 3.63) is 63.7 Å². The maximum atomic E-state index is 2.32. The highest BCUT2D eigenvalue weighted by Crippen LogP contribution is 2.29. The van der Waals surface area contributed by atoms with Crippen molar-refractivity contribution < 1.29 is 0 Å². The smallest absolute Gasteiger partial charge is 0.0306 e. The summed E-state index contributed by atoms with van der Waals surface area (Å²) in [4.78, 5) is 1.44. The third kappa shape index (κ3) is 1.28. The number of hydrogen-bond acceptors (Lipinski definition) is 1. The largest absolute Gasteiger partial charge is 0.148 e. The summed E-state index contributed by atoms with van der Waals surface area (Å²) >= 11 is 1.85. The van der Waals surface area contributed by atoms with Gasteiger partial charge in [-0.05, 0) is 41.0 Å². The molecule has 0 N–H and O–H groups in total. The molecule has 0 nitrogen and oxygen atoms in total. The molecule has 1 radical (unpaired) electrons. The first-order valence-corrected chi connectivity index (χ1v) is 5.80.